The van der Waals surface area contributed by atoms with Gasteiger partial charge in [0.15, 0.2) is 0 Å². The highest BCUT2D eigenvalue weighted by atomic mass is 35.5. The summed E-state index contributed by atoms with van der Waals surface area (Å²) in [7, 11) is 0. The number of halogens is 2. The number of carbonyl (C=O) groups is 2. The van der Waals surface area contributed by atoms with Crippen molar-refractivity contribution in [3.05, 3.63) is 23.9 Å². The number of hydrogen-bond donors (Lipinski definition) is 2. The zero-order valence-corrected chi connectivity index (χ0v) is 19.3. The maximum Gasteiger partial charge on any atom is 0.254 e. The first-order valence-electron chi connectivity index (χ1n) is 10.0. The Morgan fingerprint density at radius 1 is 1.31 bits per heavy atom. The molecule has 0 spiro atoms. The van der Waals surface area contributed by atoms with E-state index in [-0.39, 0.29) is 41.9 Å². The monoisotopic (exact) mass is 462 g/mol. The molecule has 0 radical (unpaired) electrons. The number of pyridine rings is 1. The van der Waals surface area contributed by atoms with Crippen molar-refractivity contribution in [3.63, 3.8) is 0 Å². The fraction of sp³-hybridized carbons (Fsp3) is 0.650. The van der Waals surface area contributed by atoms with E-state index in [0.717, 1.165) is 45.4 Å². The molecular weight excluding hydrogens is 431 g/mol. The van der Waals surface area contributed by atoms with Crippen molar-refractivity contribution in [2.24, 2.45) is 5.92 Å². The van der Waals surface area contributed by atoms with Crippen LogP contribution in [0.4, 0.5) is 0 Å². The van der Waals surface area contributed by atoms with Crippen molar-refractivity contribution >= 4 is 48.4 Å². The highest BCUT2D eigenvalue weighted by Gasteiger charge is 2.26. The highest BCUT2D eigenvalue weighted by molar-refractivity contribution is 8.00. The van der Waals surface area contributed by atoms with Crippen molar-refractivity contribution in [1.29, 1.82) is 0 Å². The van der Waals surface area contributed by atoms with Crippen molar-refractivity contribution in [3.8, 4) is 0 Å². The maximum absolute atomic E-state index is 12.6. The Morgan fingerprint density at radius 2 is 2.07 bits per heavy atom. The first kappa shape index (κ1) is 26.0. The molecule has 2 N–H and O–H groups in total. The smallest absolute Gasteiger partial charge is 0.254 e. The van der Waals surface area contributed by atoms with Crippen molar-refractivity contribution < 1.29 is 9.59 Å². The zero-order chi connectivity index (χ0) is 19.1. The number of nitrogens with zero attached hydrogens (tertiary/aromatic N) is 2. The number of carbonyl (C=O) groups excluding carboxylic acids is 2. The molecular formula is C20H32Cl2N4O2S. The van der Waals surface area contributed by atoms with Gasteiger partial charge in [-0.2, -0.15) is 0 Å². The maximum atomic E-state index is 12.6. The standard InChI is InChI=1S/C20H30N4O2S.2ClH/c1-15(20(26)24-12-2-3-13-24)27-19-17(7-5-10-23-19)18(25)22-11-8-16-6-4-9-21-14-16;;/h5,7,10,15-16,21H,2-4,6,8-9,11-14H2,1H3,(H,22,25);2*1H. The third-order valence-electron chi connectivity index (χ3n) is 5.31. The lowest BCUT2D eigenvalue weighted by atomic mass is 9.96. The molecule has 2 saturated heterocycles. The molecule has 2 unspecified atom stereocenters. The first-order valence-corrected chi connectivity index (χ1v) is 10.9. The lowest BCUT2D eigenvalue weighted by Gasteiger charge is -2.22. The summed E-state index contributed by atoms with van der Waals surface area (Å²) < 4.78 is 0. The lowest BCUT2D eigenvalue weighted by Crippen LogP contribution is -2.34. The Labute approximate surface area is 190 Å². The van der Waals surface area contributed by atoms with Gasteiger partial charge in [0, 0.05) is 25.8 Å². The van der Waals surface area contributed by atoms with Gasteiger partial charge >= 0.3 is 0 Å². The molecule has 2 aliphatic rings. The minimum Gasteiger partial charge on any atom is -0.352 e. The van der Waals surface area contributed by atoms with Gasteiger partial charge in [-0.05, 0) is 70.2 Å². The summed E-state index contributed by atoms with van der Waals surface area (Å²) in [6, 6.07) is 3.57. The van der Waals surface area contributed by atoms with Crippen LogP contribution in [0.15, 0.2) is 23.4 Å². The molecule has 3 rings (SSSR count). The SMILES string of the molecule is CC(Sc1ncccc1C(=O)NCCC1CCCNC1)C(=O)N1CCCC1.Cl.Cl. The molecule has 164 valence electrons. The van der Waals surface area contributed by atoms with E-state index < -0.39 is 0 Å². The Morgan fingerprint density at radius 3 is 2.76 bits per heavy atom. The van der Waals surface area contributed by atoms with Crippen LogP contribution in [0.1, 0.15) is 49.4 Å². The lowest BCUT2D eigenvalue weighted by molar-refractivity contribution is -0.129. The van der Waals surface area contributed by atoms with Crippen LogP contribution in [0.3, 0.4) is 0 Å². The molecule has 0 aliphatic carbocycles. The molecule has 0 aromatic carbocycles. The quantitative estimate of drug-likeness (QED) is 0.608. The molecule has 2 aliphatic heterocycles. The van der Waals surface area contributed by atoms with Gasteiger partial charge in [-0.25, -0.2) is 4.98 Å². The van der Waals surface area contributed by atoms with Crippen molar-refractivity contribution in [2.75, 3.05) is 32.7 Å². The molecule has 3 heterocycles. The fourth-order valence-corrected chi connectivity index (χ4v) is 4.72. The summed E-state index contributed by atoms with van der Waals surface area (Å²) >= 11 is 1.38. The van der Waals surface area contributed by atoms with Crippen LogP contribution in [-0.4, -0.2) is 59.7 Å². The van der Waals surface area contributed by atoms with E-state index in [1.54, 1.807) is 18.3 Å². The van der Waals surface area contributed by atoms with Crippen LogP contribution in [0.2, 0.25) is 0 Å². The van der Waals surface area contributed by atoms with Gasteiger partial charge in [-0.15, -0.1) is 24.8 Å². The molecule has 2 fully saturated rings. The van der Waals surface area contributed by atoms with E-state index in [0.29, 0.717) is 23.1 Å². The van der Waals surface area contributed by atoms with E-state index >= 15 is 0 Å². The Hall–Kier alpha value is -1.02. The average molecular weight is 463 g/mol. The van der Waals surface area contributed by atoms with Gasteiger partial charge < -0.3 is 15.5 Å². The van der Waals surface area contributed by atoms with Gasteiger partial charge in [0.1, 0.15) is 5.03 Å². The van der Waals surface area contributed by atoms with Gasteiger partial charge in [0.25, 0.3) is 5.91 Å². The number of amides is 2. The zero-order valence-electron chi connectivity index (χ0n) is 16.9. The van der Waals surface area contributed by atoms with E-state index in [4.69, 9.17) is 0 Å². The predicted molar refractivity (Wildman–Crippen MR) is 122 cm³/mol. The molecule has 6 nitrogen and oxygen atoms in total. The Balaban J connectivity index is 0.00000210. The van der Waals surface area contributed by atoms with Crippen LogP contribution in [0.5, 0.6) is 0 Å². The van der Waals surface area contributed by atoms with Crippen molar-refractivity contribution in [1.82, 2.24) is 20.5 Å². The minimum absolute atomic E-state index is 0. The molecule has 2 amide bonds. The topological polar surface area (TPSA) is 74.3 Å². The first-order chi connectivity index (χ1) is 13.1. The summed E-state index contributed by atoms with van der Waals surface area (Å²) in [6.07, 6.45) is 7.27. The predicted octanol–water partition coefficient (Wildman–Crippen LogP) is 3.15. The third-order valence-corrected chi connectivity index (χ3v) is 6.41. The summed E-state index contributed by atoms with van der Waals surface area (Å²) in [5.41, 5.74) is 0.561. The molecule has 29 heavy (non-hydrogen) atoms. The Bertz CT molecular complexity index is 653. The van der Waals surface area contributed by atoms with Crippen molar-refractivity contribution in [2.45, 2.75) is 49.3 Å². The van der Waals surface area contributed by atoms with Crippen LogP contribution in [-0.2, 0) is 4.79 Å². The van der Waals surface area contributed by atoms with Crippen LogP contribution < -0.4 is 10.6 Å². The van der Waals surface area contributed by atoms with Crippen LogP contribution in [0, 0.1) is 5.92 Å². The molecule has 1 aromatic heterocycles. The molecule has 2 atom stereocenters. The van der Waals surface area contributed by atoms with Gasteiger partial charge in [-0.3, -0.25) is 9.59 Å². The summed E-state index contributed by atoms with van der Waals surface area (Å²) in [4.78, 5) is 31.5. The van der Waals surface area contributed by atoms with Crippen LogP contribution >= 0.6 is 36.6 Å². The number of nitrogens with one attached hydrogen (secondary N) is 2. The fourth-order valence-electron chi connectivity index (χ4n) is 3.73. The summed E-state index contributed by atoms with van der Waals surface area (Å²) in [5, 5.41) is 6.83. The minimum atomic E-state index is -0.238. The number of hydrogen-bond acceptors (Lipinski definition) is 5. The molecule has 1 aromatic rings. The molecule has 0 saturated carbocycles. The summed E-state index contributed by atoms with van der Waals surface area (Å²) in [6.45, 7) is 6.41. The number of thioether (sulfide) groups is 1. The van der Waals surface area contributed by atoms with Crippen LogP contribution in [0.25, 0.3) is 0 Å². The number of rotatable bonds is 7. The van der Waals surface area contributed by atoms with E-state index in [9.17, 15) is 9.59 Å². The summed E-state index contributed by atoms with van der Waals surface area (Å²) in [5.74, 6) is 0.675. The second-order valence-corrected chi connectivity index (χ2v) is 8.74. The van der Waals surface area contributed by atoms with E-state index in [1.807, 2.05) is 11.8 Å². The Kier molecular flexibility index (Phi) is 11.9. The largest absolute Gasteiger partial charge is 0.352 e. The second kappa shape index (κ2) is 13.3. The van der Waals surface area contributed by atoms with Gasteiger partial charge in [0.2, 0.25) is 5.91 Å². The molecule has 0 bridgehead atoms. The number of piperidine rings is 1. The van der Waals surface area contributed by atoms with Gasteiger partial charge in [0.05, 0.1) is 10.8 Å². The van der Waals surface area contributed by atoms with E-state index in [2.05, 4.69) is 15.6 Å². The normalized spacial score (nSPS) is 19.6. The average Bonchev–Trinajstić information content (AvgIpc) is 3.23. The molecule has 9 heteroatoms. The third kappa shape index (κ3) is 7.63. The number of likely N-dealkylation sites (tertiary alicyclic amines) is 1. The van der Waals surface area contributed by atoms with Gasteiger partial charge in [-0.1, -0.05) is 11.8 Å². The highest BCUT2D eigenvalue weighted by Crippen LogP contribution is 2.27. The van der Waals surface area contributed by atoms with E-state index in [1.165, 1.54) is 24.6 Å². The number of aromatic nitrogens is 1. The second-order valence-electron chi connectivity index (χ2n) is 7.41.